The molecule has 1 unspecified atom stereocenters. The average Bonchev–Trinajstić information content (AvgIpc) is 2.86. The van der Waals surface area contributed by atoms with Crippen molar-refractivity contribution in [3.05, 3.63) is 0 Å². The summed E-state index contributed by atoms with van der Waals surface area (Å²) in [6, 6.07) is 0. The van der Waals surface area contributed by atoms with Crippen LogP contribution >= 0.6 is 0 Å². The Balaban J connectivity index is 2.01. The molecule has 0 aromatic heterocycles. The Kier molecular flexibility index (Phi) is 2.22. The van der Waals surface area contributed by atoms with Gasteiger partial charge in [-0.3, -0.25) is 9.59 Å². The fraction of sp³-hybridized carbons (Fsp3) is 0.800. The summed E-state index contributed by atoms with van der Waals surface area (Å²) in [7, 11) is 0. The number of amides is 1. The summed E-state index contributed by atoms with van der Waals surface area (Å²) in [4.78, 5) is 22.7. The van der Waals surface area contributed by atoms with Gasteiger partial charge < -0.3 is 15.2 Å². The van der Waals surface area contributed by atoms with Gasteiger partial charge in [0, 0.05) is 6.61 Å². The molecule has 5 heteroatoms. The van der Waals surface area contributed by atoms with E-state index in [0.29, 0.717) is 26.1 Å². The largest absolute Gasteiger partial charge is 0.480 e. The fourth-order valence-electron chi connectivity index (χ4n) is 1.82. The number of rotatable bonds is 3. The Morgan fingerprint density at radius 3 is 2.40 bits per heavy atom. The van der Waals surface area contributed by atoms with Crippen LogP contribution in [-0.2, 0) is 14.3 Å². The van der Waals surface area contributed by atoms with E-state index in [0.717, 1.165) is 6.42 Å². The Labute approximate surface area is 87.8 Å². The molecule has 0 bridgehead atoms. The van der Waals surface area contributed by atoms with Gasteiger partial charge in [-0.05, 0) is 26.2 Å². The van der Waals surface area contributed by atoms with Crippen molar-refractivity contribution in [3.63, 3.8) is 0 Å². The van der Waals surface area contributed by atoms with Gasteiger partial charge in [-0.25, -0.2) is 0 Å². The van der Waals surface area contributed by atoms with E-state index in [1.165, 1.54) is 0 Å². The number of nitrogens with one attached hydrogen (secondary N) is 1. The molecule has 84 valence electrons. The topological polar surface area (TPSA) is 75.6 Å². The molecule has 1 aliphatic carbocycles. The summed E-state index contributed by atoms with van der Waals surface area (Å²) in [6.07, 6.45) is 1.64. The molecule has 1 saturated carbocycles. The van der Waals surface area contributed by atoms with Gasteiger partial charge in [0.15, 0.2) is 0 Å². The summed E-state index contributed by atoms with van der Waals surface area (Å²) >= 11 is 0. The highest BCUT2D eigenvalue weighted by molar-refractivity contribution is 6.05. The lowest BCUT2D eigenvalue weighted by atomic mass is 9.98. The number of carboxylic acids is 1. The molecular weight excluding hydrogens is 198 g/mol. The lowest BCUT2D eigenvalue weighted by molar-refractivity contribution is -0.149. The molecule has 2 fully saturated rings. The van der Waals surface area contributed by atoms with E-state index in [1.807, 2.05) is 6.92 Å². The molecule has 0 aromatic carbocycles. The maximum absolute atomic E-state index is 11.8. The summed E-state index contributed by atoms with van der Waals surface area (Å²) in [5.74, 6) is -1.37. The van der Waals surface area contributed by atoms with Gasteiger partial charge in [-0.1, -0.05) is 0 Å². The molecule has 0 aromatic rings. The van der Waals surface area contributed by atoms with Gasteiger partial charge in [0.1, 0.15) is 5.41 Å². The number of ether oxygens (including phenoxy) is 1. The quantitative estimate of drug-likeness (QED) is 0.654. The first-order valence-electron chi connectivity index (χ1n) is 5.12. The number of carbonyl (C=O) groups excluding carboxylic acids is 1. The molecule has 0 spiro atoms. The smallest absolute Gasteiger partial charge is 0.319 e. The number of aliphatic carboxylic acids is 1. The molecule has 1 amide bonds. The second kappa shape index (κ2) is 3.20. The highest BCUT2D eigenvalue weighted by Gasteiger charge is 2.58. The van der Waals surface area contributed by atoms with Crippen LogP contribution in [0.1, 0.15) is 26.2 Å². The van der Waals surface area contributed by atoms with Crippen LogP contribution < -0.4 is 5.32 Å². The first-order chi connectivity index (χ1) is 6.99. The highest BCUT2D eigenvalue weighted by atomic mass is 16.5. The molecule has 2 aliphatic rings. The highest BCUT2D eigenvalue weighted by Crippen LogP contribution is 2.46. The zero-order valence-electron chi connectivity index (χ0n) is 8.71. The van der Waals surface area contributed by atoms with Gasteiger partial charge in [-0.15, -0.1) is 0 Å². The Morgan fingerprint density at radius 1 is 1.33 bits per heavy atom. The minimum atomic E-state index is -1.15. The van der Waals surface area contributed by atoms with Gasteiger partial charge in [0.25, 0.3) is 0 Å². The standard InChI is InChI=1S/C10H15NO4/c1-9(4-5-15-6-9)11-7(12)10(2-3-10)8(13)14/h2-6H2,1H3,(H,11,12)(H,13,14). The number of hydrogen-bond donors (Lipinski definition) is 2. The molecule has 5 nitrogen and oxygen atoms in total. The summed E-state index contributed by atoms with van der Waals surface area (Å²) in [5, 5.41) is 11.7. The van der Waals surface area contributed by atoms with Crippen molar-refractivity contribution < 1.29 is 19.4 Å². The van der Waals surface area contributed by atoms with E-state index < -0.39 is 11.4 Å². The van der Waals surface area contributed by atoms with Crippen molar-refractivity contribution in [1.82, 2.24) is 5.32 Å². The zero-order chi connectivity index (χ0) is 11.1. The Bertz CT molecular complexity index is 303. The van der Waals surface area contributed by atoms with E-state index in [-0.39, 0.29) is 11.4 Å². The predicted octanol–water partition coefficient (Wildman–Crippen LogP) is 0.146. The molecule has 1 heterocycles. The first-order valence-corrected chi connectivity index (χ1v) is 5.12. The maximum atomic E-state index is 11.8. The van der Waals surface area contributed by atoms with Crippen LogP contribution in [0.4, 0.5) is 0 Å². The molecular formula is C10H15NO4. The van der Waals surface area contributed by atoms with Gasteiger partial charge in [-0.2, -0.15) is 0 Å². The van der Waals surface area contributed by atoms with Crippen LogP contribution in [0.15, 0.2) is 0 Å². The third-order valence-electron chi connectivity index (χ3n) is 3.23. The zero-order valence-corrected chi connectivity index (χ0v) is 8.71. The Morgan fingerprint density at radius 2 is 2.00 bits per heavy atom. The van der Waals surface area contributed by atoms with Crippen molar-refractivity contribution in [3.8, 4) is 0 Å². The summed E-state index contributed by atoms with van der Waals surface area (Å²) in [6.45, 7) is 2.97. The maximum Gasteiger partial charge on any atom is 0.319 e. The van der Waals surface area contributed by atoms with Gasteiger partial charge >= 0.3 is 5.97 Å². The number of hydrogen-bond acceptors (Lipinski definition) is 3. The van der Waals surface area contributed by atoms with Crippen LogP contribution in [0, 0.1) is 5.41 Å². The molecule has 2 N–H and O–H groups in total. The third kappa shape index (κ3) is 1.71. The van der Waals surface area contributed by atoms with E-state index in [9.17, 15) is 9.59 Å². The molecule has 0 radical (unpaired) electrons. The second-order valence-corrected chi connectivity index (χ2v) is 4.70. The van der Waals surface area contributed by atoms with Crippen molar-refractivity contribution >= 4 is 11.9 Å². The Hall–Kier alpha value is -1.10. The lowest BCUT2D eigenvalue weighted by Crippen LogP contribution is -2.50. The summed E-state index contributed by atoms with van der Waals surface area (Å²) in [5.41, 5.74) is -1.53. The molecule has 1 aliphatic heterocycles. The average molecular weight is 213 g/mol. The van der Waals surface area contributed by atoms with Crippen LogP contribution in [-0.4, -0.2) is 35.7 Å². The summed E-state index contributed by atoms with van der Waals surface area (Å²) < 4.78 is 5.19. The predicted molar refractivity (Wildman–Crippen MR) is 51.3 cm³/mol. The SMILES string of the molecule is CC1(NC(=O)C2(C(=O)O)CC2)CCOC1. The van der Waals surface area contributed by atoms with Crippen LogP contribution in [0.2, 0.25) is 0 Å². The second-order valence-electron chi connectivity index (χ2n) is 4.70. The van der Waals surface area contributed by atoms with Crippen LogP contribution in [0.5, 0.6) is 0 Å². The normalized spacial score (nSPS) is 32.3. The minimum Gasteiger partial charge on any atom is -0.480 e. The molecule has 1 atom stereocenters. The first kappa shape index (κ1) is 10.4. The van der Waals surface area contributed by atoms with E-state index in [1.54, 1.807) is 0 Å². The van der Waals surface area contributed by atoms with Crippen molar-refractivity contribution in [2.45, 2.75) is 31.7 Å². The minimum absolute atomic E-state index is 0.358. The van der Waals surface area contributed by atoms with E-state index >= 15 is 0 Å². The monoisotopic (exact) mass is 213 g/mol. The van der Waals surface area contributed by atoms with E-state index in [2.05, 4.69) is 5.32 Å². The lowest BCUT2D eigenvalue weighted by Gasteiger charge is -2.25. The van der Waals surface area contributed by atoms with E-state index in [4.69, 9.17) is 9.84 Å². The van der Waals surface area contributed by atoms with Crippen LogP contribution in [0.3, 0.4) is 0 Å². The number of carbonyl (C=O) groups is 2. The molecule has 1 saturated heterocycles. The van der Waals surface area contributed by atoms with Gasteiger partial charge in [0.05, 0.1) is 12.1 Å². The van der Waals surface area contributed by atoms with Crippen molar-refractivity contribution in [1.29, 1.82) is 0 Å². The third-order valence-corrected chi connectivity index (χ3v) is 3.23. The van der Waals surface area contributed by atoms with Crippen molar-refractivity contribution in [2.75, 3.05) is 13.2 Å². The number of carboxylic acid groups (broad SMARTS) is 1. The molecule has 15 heavy (non-hydrogen) atoms. The van der Waals surface area contributed by atoms with Crippen molar-refractivity contribution in [2.24, 2.45) is 5.41 Å². The van der Waals surface area contributed by atoms with Crippen LogP contribution in [0.25, 0.3) is 0 Å². The fourth-order valence-corrected chi connectivity index (χ4v) is 1.82. The molecule has 2 rings (SSSR count). The van der Waals surface area contributed by atoms with Gasteiger partial charge in [0.2, 0.25) is 5.91 Å².